The maximum Gasteiger partial charge on any atom is 0.318 e. The van der Waals surface area contributed by atoms with Crippen molar-refractivity contribution in [3.8, 4) is 17.3 Å². The van der Waals surface area contributed by atoms with Crippen molar-refractivity contribution < 1.29 is 14.3 Å². The molecule has 0 aliphatic rings. The lowest BCUT2D eigenvalue weighted by molar-refractivity contribution is 0.100. The van der Waals surface area contributed by atoms with Crippen molar-refractivity contribution in [1.29, 1.82) is 0 Å². The van der Waals surface area contributed by atoms with E-state index in [2.05, 4.69) is 15.1 Å². The maximum absolute atomic E-state index is 11.8. The van der Waals surface area contributed by atoms with E-state index in [0.717, 1.165) is 22.5 Å². The number of anilines is 1. The van der Waals surface area contributed by atoms with Crippen LogP contribution in [0.3, 0.4) is 0 Å². The van der Waals surface area contributed by atoms with Crippen LogP contribution in [0.2, 0.25) is 5.02 Å². The molecule has 0 aliphatic carbocycles. The van der Waals surface area contributed by atoms with E-state index in [1.165, 1.54) is 0 Å². The van der Waals surface area contributed by atoms with Crippen molar-refractivity contribution >= 4 is 44.7 Å². The summed E-state index contributed by atoms with van der Waals surface area (Å²) < 4.78 is 12.6. The number of rotatable bonds is 8. The normalized spacial score (nSPS) is 11.2. The number of methoxy groups -OCH3 is 1. The van der Waals surface area contributed by atoms with E-state index >= 15 is 0 Å². The minimum Gasteiger partial charge on any atom is -0.461 e. The first-order valence-electron chi connectivity index (χ1n) is 9.25. The third-order valence-corrected chi connectivity index (χ3v) is 5.79. The Morgan fingerprint density at radius 3 is 2.90 bits per heavy atom. The highest BCUT2D eigenvalue weighted by Gasteiger charge is 2.21. The van der Waals surface area contributed by atoms with Gasteiger partial charge in [0.1, 0.15) is 16.3 Å². The Kier molecular flexibility index (Phi) is 6.03. The van der Waals surface area contributed by atoms with E-state index in [0.29, 0.717) is 34.1 Å². The van der Waals surface area contributed by atoms with Gasteiger partial charge in [0.05, 0.1) is 36.1 Å². The van der Waals surface area contributed by atoms with Crippen LogP contribution in [0.25, 0.3) is 21.5 Å². The zero-order chi connectivity index (χ0) is 22.0. The second-order valence-corrected chi connectivity index (χ2v) is 8.08. The van der Waals surface area contributed by atoms with E-state index < -0.39 is 5.91 Å². The SMILES string of the molecule is COCc1cnn(CCOc2nc(-c3cccc(Cl)c3)c3c(N)c(C(N)=O)sc3n2)c1. The van der Waals surface area contributed by atoms with Crippen molar-refractivity contribution in [1.82, 2.24) is 19.7 Å². The van der Waals surface area contributed by atoms with Crippen molar-refractivity contribution in [2.45, 2.75) is 13.2 Å². The molecule has 0 saturated heterocycles. The first-order chi connectivity index (χ1) is 15.0. The molecule has 0 unspecified atom stereocenters. The highest BCUT2D eigenvalue weighted by Crippen LogP contribution is 2.39. The molecule has 0 bridgehead atoms. The molecule has 3 aromatic heterocycles. The largest absolute Gasteiger partial charge is 0.461 e. The standard InChI is InChI=1S/C20H19ClN6O3S/c1-29-10-11-8-24-27(9-11)5-6-30-20-25-16(12-3-2-4-13(21)7-12)14-15(22)17(18(23)28)31-19(14)26-20/h2-4,7-9H,5-6,10,22H2,1H3,(H2,23,28). The molecular weight excluding hydrogens is 440 g/mol. The van der Waals surface area contributed by atoms with Crippen LogP contribution in [-0.4, -0.2) is 39.4 Å². The van der Waals surface area contributed by atoms with E-state index in [1.54, 1.807) is 36.2 Å². The van der Waals surface area contributed by atoms with Gasteiger partial charge in [0.25, 0.3) is 5.91 Å². The number of amides is 1. The Hall–Kier alpha value is -3.21. The quantitative estimate of drug-likeness (QED) is 0.414. The van der Waals surface area contributed by atoms with E-state index in [-0.39, 0.29) is 23.2 Å². The van der Waals surface area contributed by atoms with Crippen LogP contribution in [0.1, 0.15) is 15.2 Å². The number of hydrogen-bond acceptors (Lipinski definition) is 8. The molecule has 160 valence electrons. The summed E-state index contributed by atoms with van der Waals surface area (Å²) in [6.07, 6.45) is 3.62. The Bertz CT molecular complexity index is 1260. The summed E-state index contributed by atoms with van der Waals surface area (Å²) in [5.41, 5.74) is 14.1. The lowest BCUT2D eigenvalue weighted by Gasteiger charge is -2.09. The number of nitrogen functional groups attached to an aromatic ring is 1. The number of hydrogen-bond donors (Lipinski definition) is 2. The van der Waals surface area contributed by atoms with E-state index in [9.17, 15) is 4.79 Å². The van der Waals surface area contributed by atoms with Gasteiger partial charge in [-0.1, -0.05) is 23.7 Å². The third kappa shape index (κ3) is 4.46. The first kappa shape index (κ1) is 21.0. The van der Waals surface area contributed by atoms with Crippen LogP contribution in [0, 0.1) is 0 Å². The lowest BCUT2D eigenvalue weighted by atomic mass is 10.1. The van der Waals surface area contributed by atoms with Crippen molar-refractivity contribution in [3.05, 3.63) is 52.1 Å². The Morgan fingerprint density at radius 1 is 1.32 bits per heavy atom. The number of primary amides is 1. The molecule has 9 nitrogen and oxygen atoms in total. The summed E-state index contributed by atoms with van der Waals surface area (Å²) in [5.74, 6) is -0.620. The van der Waals surface area contributed by atoms with Crippen LogP contribution in [-0.2, 0) is 17.9 Å². The van der Waals surface area contributed by atoms with Gasteiger partial charge in [-0.3, -0.25) is 9.48 Å². The van der Waals surface area contributed by atoms with Crippen molar-refractivity contribution in [2.24, 2.45) is 5.73 Å². The summed E-state index contributed by atoms with van der Waals surface area (Å²) in [4.78, 5) is 21.5. The Morgan fingerprint density at radius 2 is 2.16 bits per heavy atom. The molecule has 0 saturated carbocycles. The number of carbonyl (C=O) groups excluding carboxylic acids is 1. The maximum atomic E-state index is 11.8. The zero-order valence-electron chi connectivity index (χ0n) is 16.5. The molecule has 4 rings (SSSR count). The van der Waals surface area contributed by atoms with Gasteiger partial charge in [0.15, 0.2) is 0 Å². The molecular formula is C20H19ClN6O3S. The summed E-state index contributed by atoms with van der Waals surface area (Å²) in [7, 11) is 1.63. The van der Waals surface area contributed by atoms with Gasteiger partial charge < -0.3 is 20.9 Å². The predicted octanol–water partition coefficient (Wildman–Crippen LogP) is 3.11. The topological polar surface area (TPSA) is 131 Å². The predicted molar refractivity (Wildman–Crippen MR) is 119 cm³/mol. The summed E-state index contributed by atoms with van der Waals surface area (Å²) in [6.45, 7) is 1.28. The lowest BCUT2D eigenvalue weighted by Crippen LogP contribution is -2.11. The highest BCUT2D eigenvalue weighted by molar-refractivity contribution is 7.21. The molecule has 0 spiro atoms. The van der Waals surface area contributed by atoms with Gasteiger partial charge in [0, 0.05) is 29.5 Å². The monoisotopic (exact) mass is 458 g/mol. The molecule has 0 aliphatic heterocycles. The molecule has 3 heterocycles. The Labute approximate surface area is 186 Å². The molecule has 0 fully saturated rings. The fourth-order valence-electron chi connectivity index (χ4n) is 3.09. The smallest absolute Gasteiger partial charge is 0.318 e. The van der Waals surface area contributed by atoms with Gasteiger partial charge in [-0.25, -0.2) is 0 Å². The van der Waals surface area contributed by atoms with E-state index in [1.807, 2.05) is 12.3 Å². The fourth-order valence-corrected chi connectivity index (χ4v) is 4.22. The average molecular weight is 459 g/mol. The average Bonchev–Trinajstić information content (AvgIpc) is 3.32. The van der Waals surface area contributed by atoms with Crippen LogP contribution in [0.5, 0.6) is 6.01 Å². The van der Waals surface area contributed by atoms with Gasteiger partial charge >= 0.3 is 6.01 Å². The van der Waals surface area contributed by atoms with E-state index in [4.69, 9.17) is 32.5 Å². The molecule has 31 heavy (non-hydrogen) atoms. The van der Waals surface area contributed by atoms with Gasteiger partial charge in [0.2, 0.25) is 0 Å². The molecule has 0 atom stereocenters. The summed E-state index contributed by atoms with van der Waals surface area (Å²) in [5, 5.41) is 5.35. The summed E-state index contributed by atoms with van der Waals surface area (Å²) >= 11 is 7.26. The molecule has 11 heteroatoms. The number of benzene rings is 1. The number of nitrogens with two attached hydrogens (primary N) is 2. The minimum absolute atomic E-state index is 0.156. The summed E-state index contributed by atoms with van der Waals surface area (Å²) in [6, 6.07) is 7.33. The van der Waals surface area contributed by atoms with Crippen LogP contribution >= 0.6 is 22.9 Å². The first-order valence-corrected chi connectivity index (χ1v) is 10.4. The fraction of sp³-hybridized carbons (Fsp3) is 0.200. The molecule has 1 aromatic carbocycles. The zero-order valence-corrected chi connectivity index (χ0v) is 18.1. The van der Waals surface area contributed by atoms with Crippen LogP contribution in [0.15, 0.2) is 36.7 Å². The number of carbonyl (C=O) groups is 1. The Balaban J connectivity index is 1.66. The number of aromatic nitrogens is 4. The van der Waals surface area contributed by atoms with Gasteiger partial charge in [-0.15, -0.1) is 11.3 Å². The van der Waals surface area contributed by atoms with Crippen molar-refractivity contribution in [3.63, 3.8) is 0 Å². The molecule has 1 amide bonds. The van der Waals surface area contributed by atoms with Crippen LogP contribution in [0.4, 0.5) is 5.69 Å². The number of nitrogens with zero attached hydrogens (tertiary/aromatic N) is 4. The molecule has 4 N–H and O–H groups in total. The molecule has 0 radical (unpaired) electrons. The molecule has 4 aromatic rings. The number of ether oxygens (including phenoxy) is 2. The highest BCUT2D eigenvalue weighted by atomic mass is 35.5. The second-order valence-electron chi connectivity index (χ2n) is 6.65. The second kappa shape index (κ2) is 8.88. The number of thiophene rings is 1. The van der Waals surface area contributed by atoms with Crippen LogP contribution < -0.4 is 16.2 Å². The van der Waals surface area contributed by atoms with Gasteiger partial charge in [-0.2, -0.15) is 15.1 Å². The van der Waals surface area contributed by atoms with Crippen molar-refractivity contribution in [2.75, 3.05) is 19.5 Å². The minimum atomic E-state index is -0.620. The number of halogens is 1. The number of fused-ring (bicyclic) bond motifs is 1. The van der Waals surface area contributed by atoms with Gasteiger partial charge in [-0.05, 0) is 12.1 Å². The third-order valence-electron chi connectivity index (χ3n) is 4.44.